The zero-order valence-corrected chi connectivity index (χ0v) is 17.7. The van der Waals surface area contributed by atoms with E-state index in [1.807, 2.05) is 42.5 Å². The summed E-state index contributed by atoms with van der Waals surface area (Å²) < 4.78 is 6.21. The Hall–Kier alpha value is -3.31. The van der Waals surface area contributed by atoms with Gasteiger partial charge in [0.2, 0.25) is 0 Å². The molecule has 0 aromatic heterocycles. The van der Waals surface area contributed by atoms with Gasteiger partial charge in [-0.3, -0.25) is 4.79 Å². The Morgan fingerprint density at radius 1 is 0.935 bits per heavy atom. The van der Waals surface area contributed by atoms with E-state index in [1.54, 1.807) is 24.3 Å². The van der Waals surface area contributed by atoms with Crippen molar-refractivity contribution in [2.45, 2.75) is 19.3 Å². The number of carbonyl (C=O) groups is 1. The fourth-order valence-electron chi connectivity index (χ4n) is 3.99. The van der Waals surface area contributed by atoms with E-state index in [2.05, 4.69) is 10.2 Å². The van der Waals surface area contributed by atoms with Gasteiger partial charge in [-0.15, -0.1) is 0 Å². The third-order valence-corrected chi connectivity index (χ3v) is 5.89. The molecule has 1 fully saturated rings. The predicted octanol–water partition coefficient (Wildman–Crippen LogP) is 6.26. The molecule has 1 amide bonds. The summed E-state index contributed by atoms with van der Waals surface area (Å²) in [7, 11) is 0. The number of rotatable bonds is 2. The van der Waals surface area contributed by atoms with Gasteiger partial charge in [0, 0.05) is 18.8 Å². The van der Waals surface area contributed by atoms with Gasteiger partial charge >= 0.3 is 0 Å². The van der Waals surface area contributed by atoms with Crippen LogP contribution in [0.1, 0.15) is 35.2 Å². The van der Waals surface area contributed by atoms with E-state index < -0.39 is 0 Å². The minimum atomic E-state index is -0.250. The average molecular weight is 432 g/mol. The van der Waals surface area contributed by atoms with Gasteiger partial charge in [0.05, 0.1) is 16.1 Å². The molecule has 2 aliphatic rings. The second kappa shape index (κ2) is 8.44. The Bertz CT molecular complexity index is 1170. The maximum absolute atomic E-state index is 12.8. The van der Waals surface area contributed by atoms with Gasteiger partial charge in [0.1, 0.15) is 17.3 Å². The number of halogens is 1. The van der Waals surface area contributed by atoms with Crippen LogP contribution in [0.4, 0.5) is 11.4 Å². The van der Waals surface area contributed by atoms with Crippen molar-refractivity contribution in [2.24, 2.45) is 4.99 Å². The lowest BCUT2D eigenvalue weighted by Gasteiger charge is -2.30. The maximum atomic E-state index is 12.8. The Morgan fingerprint density at radius 2 is 1.71 bits per heavy atom. The molecule has 0 unspecified atom stereocenters. The van der Waals surface area contributed by atoms with Gasteiger partial charge in [0.15, 0.2) is 5.75 Å². The molecule has 1 saturated heterocycles. The number of aliphatic imine (C=N–C) groups is 1. The lowest BCUT2D eigenvalue weighted by atomic mass is 10.1. The molecule has 3 aromatic carbocycles. The van der Waals surface area contributed by atoms with Crippen LogP contribution in [-0.4, -0.2) is 29.7 Å². The van der Waals surface area contributed by atoms with Gasteiger partial charge in [-0.2, -0.15) is 0 Å². The van der Waals surface area contributed by atoms with E-state index in [1.165, 1.54) is 6.42 Å². The summed E-state index contributed by atoms with van der Waals surface area (Å²) in [6.45, 7) is 1.91. The highest BCUT2D eigenvalue weighted by molar-refractivity contribution is 6.34. The number of hydrogen-bond donors (Lipinski definition) is 1. The Balaban J connectivity index is 1.53. The molecule has 156 valence electrons. The van der Waals surface area contributed by atoms with E-state index in [0.717, 1.165) is 54.5 Å². The highest BCUT2D eigenvalue weighted by Gasteiger charge is 2.24. The van der Waals surface area contributed by atoms with Gasteiger partial charge in [-0.1, -0.05) is 35.9 Å². The predicted molar refractivity (Wildman–Crippen MR) is 124 cm³/mol. The number of para-hydroxylation sites is 2. The first-order valence-electron chi connectivity index (χ1n) is 10.5. The standard InChI is InChI=1S/C25H22ClN3O2/c26-20-9-3-2-8-18(20)25(30)27-17-12-13-22-19(16-17)24(29-14-6-1-7-15-29)28-21-10-4-5-11-23(21)31-22/h2-5,8-13,16H,1,6-7,14-15H2,(H,27,30). The van der Waals surface area contributed by atoms with Crippen molar-refractivity contribution < 1.29 is 9.53 Å². The normalized spacial score (nSPS) is 15.1. The quantitative estimate of drug-likeness (QED) is 0.520. The molecule has 0 radical (unpaired) electrons. The Labute approximate surface area is 186 Å². The SMILES string of the molecule is O=C(Nc1ccc2c(c1)C(N1CCCCC1)=Nc1ccccc1O2)c1ccccc1Cl. The van der Waals surface area contributed by atoms with Crippen LogP contribution in [0.15, 0.2) is 71.7 Å². The Morgan fingerprint density at radius 3 is 2.55 bits per heavy atom. The molecule has 2 heterocycles. The number of amides is 1. The molecule has 6 heteroatoms. The third-order valence-electron chi connectivity index (χ3n) is 5.56. The summed E-state index contributed by atoms with van der Waals surface area (Å²) in [4.78, 5) is 20.1. The summed E-state index contributed by atoms with van der Waals surface area (Å²) in [6.07, 6.45) is 3.51. The van der Waals surface area contributed by atoms with Crippen molar-refractivity contribution in [3.63, 3.8) is 0 Å². The van der Waals surface area contributed by atoms with Crippen LogP contribution in [0, 0.1) is 0 Å². The van der Waals surface area contributed by atoms with E-state index in [0.29, 0.717) is 16.3 Å². The highest BCUT2D eigenvalue weighted by atomic mass is 35.5. The largest absolute Gasteiger partial charge is 0.454 e. The monoisotopic (exact) mass is 431 g/mol. The van der Waals surface area contributed by atoms with Crippen LogP contribution in [0.25, 0.3) is 0 Å². The van der Waals surface area contributed by atoms with Crippen LogP contribution in [0.5, 0.6) is 11.5 Å². The summed E-state index contributed by atoms with van der Waals surface area (Å²) in [5, 5.41) is 3.38. The number of hydrogen-bond acceptors (Lipinski definition) is 4. The van der Waals surface area contributed by atoms with Crippen molar-refractivity contribution in [1.82, 2.24) is 4.90 Å². The fourth-order valence-corrected chi connectivity index (χ4v) is 4.21. The molecule has 31 heavy (non-hydrogen) atoms. The number of likely N-dealkylation sites (tertiary alicyclic amines) is 1. The van der Waals surface area contributed by atoms with Crippen LogP contribution in [0.2, 0.25) is 5.02 Å². The minimum Gasteiger partial charge on any atom is -0.454 e. The Kier molecular flexibility index (Phi) is 5.35. The number of nitrogens with one attached hydrogen (secondary N) is 1. The number of fused-ring (bicyclic) bond motifs is 2. The van der Waals surface area contributed by atoms with E-state index in [9.17, 15) is 4.79 Å². The van der Waals surface area contributed by atoms with Crippen LogP contribution in [-0.2, 0) is 0 Å². The second-order valence-corrected chi connectivity index (χ2v) is 8.11. The van der Waals surface area contributed by atoms with Crippen molar-refractivity contribution in [2.75, 3.05) is 18.4 Å². The highest BCUT2D eigenvalue weighted by Crippen LogP contribution is 2.39. The zero-order valence-electron chi connectivity index (χ0n) is 17.0. The summed E-state index contributed by atoms with van der Waals surface area (Å²) >= 11 is 6.19. The number of anilines is 1. The molecular formula is C25H22ClN3O2. The number of amidine groups is 1. The van der Waals surface area contributed by atoms with Gasteiger partial charge in [-0.25, -0.2) is 4.99 Å². The lowest BCUT2D eigenvalue weighted by molar-refractivity contribution is 0.102. The van der Waals surface area contributed by atoms with Gasteiger partial charge in [0.25, 0.3) is 5.91 Å². The van der Waals surface area contributed by atoms with Crippen LogP contribution < -0.4 is 10.1 Å². The summed E-state index contributed by atoms with van der Waals surface area (Å²) in [6, 6.07) is 20.5. The molecule has 0 bridgehead atoms. The molecule has 5 nitrogen and oxygen atoms in total. The molecule has 0 atom stereocenters. The van der Waals surface area contributed by atoms with Gasteiger partial charge < -0.3 is 15.0 Å². The fraction of sp³-hybridized carbons (Fsp3) is 0.200. The maximum Gasteiger partial charge on any atom is 0.257 e. The molecule has 0 spiro atoms. The summed E-state index contributed by atoms with van der Waals surface area (Å²) in [5.74, 6) is 2.09. The molecule has 3 aromatic rings. The third kappa shape index (κ3) is 4.01. The van der Waals surface area contributed by atoms with E-state index in [4.69, 9.17) is 21.3 Å². The molecule has 1 N–H and O–H groups in total. The average Bonchev–Trinajstić information content (AvgIpc) is 2.96. The van der Waals surface area contributed by atoms with Crippen molar-refractivity contribution in [3.8, 4) is 11.5 Å². The first-order chi connectivity index (χ1) is 15.2. The molecular weight excluding hydrogens is 410 g/mol. The first kappa shape index (κ1) is 19.6. The van der Waals surface area contributed by atoms with Crippen molar-refractivity contribution in [3.05, 3.63) is 82.9 Å². The van der Waals surface area contributed by atoms with E-state index in [-0.39, 0.29) is 5.91 Å². The second-order valence-electron chi connectivity index (χ2n) is 7.70. The number of nitrogens with zero attached hydrogens (tertiary/aromatic N) is 2. The molecule has 2 aliphatic heterocycles. The minimum absolute atomic E-state index is 0.250. The number of benzene rings is 3. The number of ether oxygens (including phenoxy) is 1. The molecule has 5 rings (SSSR count). The zero-order chi connectivity index (χ0) is 21.2. The van der Waals surface area contributed by atoms with Gasteiger partial charge in [-0.05, 0) is 61.7 Å². The lowest BCUT2D eigenvalue weighted by Crippen LogP contribution is -2.36. The van der Waals surface area contributed by atoms with Crippen molar-refractivity contribution in [1.29, 1.82) is 0 Å². The molecule has 0 saturated carbocycles. The number of carbonyl (C=O) groups excluding carboxylic acids is 1. The smallest absolute Gasteiger partial charge is 0.257 e. The first-order valence-corrected chi connectivity index (χ1v) is 10.9. The topological polar surface area (TPSA) is 53.9 Å². The molecule has 0 aliphatic carbocycles. The van der Waals surface area contributed by atoms with E-state index >= 15 is 0 Å². The van der Waals surface area contributed by atoms with Crippen LogP contribution >= 0.6 is 11.6 Å². The van der Waals surface area contributed by atoms with Crippen molar-refractivity contribution >= 4 is 34.7 Å². The van der Waals surface area contributed by atoms with Crippen LogP contribution in [0.3, 0.4) is 0 Å². The summed E-state index contributed by atoms with van der Waals surface area (Å²) in [5.41, 5.74) is 2.78. The number of piperidine rings is 1.